The van der Waals surface area contributed by atoms with Gasteiger partial charge in [-0.3, -0.25) is 14.5 Å². The molecule has 8 nitrogen and oxygen atoms in total. The van der Waals surface area contributed by atoms with Gasteiger partial charge in [0.1, 0.15) is 12.1 Å². The number of benzene rings is 2. The molecule has 2 heterocycles. The maximum atomic E-state index is 13.1. The molecule has 1 spiro atoms. The van der Waals surface area contributed by atoms with Crippen molar-refractivity contribution in [1.29, 1.82) is 0 Å². The zero-order valence-corrected chi connectivity index (χ0v) is 19.3. The van der Waals surface area contributed by atoms with Crippen molar-refractivity contribution < 1.29 is 23.9 Å². The van der Waals surface area contributed by atoms with E-state index in [0.717, 1.165) is 30.6 Å². The number of halogens is 2. The fraction of sp³-hybridized carbons (Fsp3) is 0.348. The zero-order valence-electron chi connectivity index (χ0n) is 17.7. The van der Waals surface area contributed by atoms with Crippen molar-refractivity contribution in [3.8, 4) is 11.5 Å². The second kappa shape index (κ2) is 7.81. The first kappa shape index (κ1) is 21.9. The number of carbonyl (C=O) groups excluding carboxylic acids is 3. The van der Waals surface area contributed by atoms with Gasteiger partial charge in [0, 0.05) is 40.2 Å². The van der Waals surface area contributed by atoms with E-state index in [0.29, 0.717) is 27.8 Å². The van der Waals surface area contributed by atoms with Crippen LogP contribution in [0.5, 0.6) is 11.5 Å². The Morgan fingerprint density at radius 3 is 2.55 bits per heavy atom. The van der Waals surface area contributed by atoms with E-state index in [4.69, 9.17) is 32.7 Å². The molecular formula is C23H21Cl2N3O5. The highest BCUT2D eigenvalue weighted by molar-refractivity contribution is 6.35. The molecule has 1 saturated heterocycles. The molecule has 0 aromatic heterocycles. The van der Waals surface area contributed by atoms with E-state index >= 15 is 0 Å². The second-order valence-corrected chi connectivity index (χ2v) is 9.45. The summed E-state index contributed by atoms with van der Waals surface area (Å²) in [6.45, 7) is 1.08. The summed E-state index contributed by atoms with van der Waals surface area (Å²) in [6.07, 6.45) is 3.74. The van der Waals surface area contributed by atoms with Crippen LogP contribution < -0.4 is 20.1 Å². The highest BCUT2D eigenvalue weighted by Crippen LogP contribution is 2.47. The molecule has 3 aliphatic rings. The predicted octanol–water partition coefficient (Wildman–Crippen LogP) is 4.44. The number of urea groups is 1. The fourth-order valence-corrected chi connectivity index (χ4v) is 5.15. The third-order valence-electron chi connectivity index (χ3n) is 6.23. The Morgan fingerprint density at radius 1 is 1.09 bits per heavy atom. The van der Waals surface area contributed by atoms with Gasteiger partial charge in [0.2, 0.25) is 5.91 Å². The highest BCUT2D eigenvalue weighted by Gasteiger charge is 2.50. The Hall–Kier alpha value is -2.97. The van der Waals surface area contributed by atoms with Gasteiger partial charge >= 0.3 is 6.03 Å². The lowest BCUT2D eigenvalue weighted by molar-refractivity contribution is -0.133. The first-order valence-corrected chi connectivity index (χ1v) is 11.4. The summed E-state index contributed by atoms with van der Waals surface area (Å²) in [5, 5.41) is 5.99. The second-order valence-electron chi connectivity index (χ2n) is 8.60. The number of rotatable bonds is 4. The third-order valence-corrected chi connectivity index (χ3v) is 6.78. The van der Waals surface area contributed by atoms with Gasteiger partial charge in [0.05, 0.1) is 0 Å². The molecule has 10 heteroatoms. The van der Waals surface area contributed by atoms with Crippen molar-refractivity contribution in [2.75, 3.05) is 11.9 Å². The Morgan fingerprint density at radius 2 is 1.82 bits per heavy atom. The lowest BCUT2D eigenvalue weighted by Gasteiger charge is -2.23. The van der Waals surface area contributed by atoms with Crippen LogP contribution in [0.2, 0.25) is 10.0 Å². The van der Waals surface area contributed by atoms with Crippen LogP contribution >= 0.6 is 23.2 Å². The quantitative estimate of drug-likeness (QED) is 0.618. The van der Waals surface area contributed by atoms with E-state index in [1.807, 2.05) is 0 Å². The van der Waals surface area contributed by atoms with Gasteiger partial charge in [0.15, 0.2) is 11.5 Å². The molecular weight excluding hydrogens is 469 g/mol. The summed E-state index contributed by atoms with van der Waals surface area (Å²) in [6, 6.07) is 9.09. The van der Waals surface area contributed by atoms with Gasteiger partial charge in [-0.05, 0) is 44.0 Å². The van der Waals surface area contributed by atoms with Crippen molar-refractivity contribution in [3.05, 3.63) is 52.0 Å². The predicted molar refractivity (Wildman–Crippen MR) is 122 cm³/mol. The van der Waals surface area contributed by atoms with Gasteiger partial charge in [-0.1, -0.05) is 29.3 Å². The molecule has 1 atom stereocenters. The average molecular weight is 490 g/mol. The monoisotopic (exact) mass is 489 g/mol. The van der Waals surface area contributed by atoms with Crippen LogP contribution in [-0.2, 0) is 15.1 Å². The molecule has 1 saturated carbocycles. The topological polar surface area (TPSA) is 97.0 Å². The van der Waals surface area contributed by atoms with Gasteiger partial charge in [-0.2, -0.15) is 0 Å². The first-order chi connectivity index (χ1) is 15.7. The number of hydrogen-bond acceptors (Lipinski definition) is 5. The molecule has 5 rings (SSSR count). The fourth-order valence-electron chi connectivity index (χ4n) is 4.55. The molecule has 1 aliphatic carbocycles. The van der Waals surface area contributed by atoms with Crippen molar-refractivity contribution in [3.63, 3.8) is 0 Å². The van der Waals surface area contributed by atoms with Crippen molar-refractivity contribution >= 4 is 46.7 Å². The molecule has 2 aliphatic heterocycles. The summed E-state index contributed by atoms with van der Waals surface area (Å²) in [5.41, 5.74) is -0.535. The Balaban J connectivity index is 1.28. The number of nitrogens with zero attached hydrogens (tertiary/aromatic N) is 1. The minimum absolute atomic E-state index is 0.241. The number of amides is 4. The minimum Gasteiger partial charge on any atom is -0.448 e. The first-order valence-electron chi connectivity index (χ1n) is 10.6. The van der Waals surface area contributed by atoms with E-state index < -0.39 is 35.7 Å². The number of imide groups is 1. The van der Waals surface area contributed by atoms with E-state index in [2.05, 4.69) is 10.6 Å². The number of ether oxygens (including phenoxy) is 2. The van der Waals surface area contributed by atoms with E-state index in [9.17, 15) is 14.4 Å². The van der Waals surface area contributed by atoms with Gasteiger partial charge in [-0.25, -0.2) is 4.79 Å². The summed E-state index contributed by atoms with van der Waals surface area (Å²) >= 11 is 12.2. The molecule has 2 N–H and O–H groups in total. The Kier molecular flexibility index (Phi) is 5.17. The third kappa shape index (κ3) is 3.77. The molecule has 172 valence electrons. The molecule has 4 amide bonds. The Labute approximate surface area is 200 Å². The van der Waals surface area contributed by atoms with Crippen LogP contribution in [0.1, 0.15) is 38.2 Å². The summed E-state index contributed by atoms with van der Waals surface area (Å²) < 4.78 is 12.0. The summed E-state index contributed by atoms with van der Waals surface area (Å²) in [7, 11) is 0. The molecule has 1 unspecified atom stereocenters. The number of nitrogens with one attached hydrogen (secondary N) is 2. The van der Waals surface area contributed by atoms with Crippen molar-refractivity contribution in [2.45, 2.75) is 43.9 Å². The molecule has 0 bridgehead atoms. The largest absolute Gasteiger partial charge is 0.448 e. The number of anilines is 1. The summed E-state index contributed by atoms with van der Waals surface area (Å²) in [5.74, 6) is -0.507. The normalized spacial score (nSPS) is 22.7. The lowest BCUT2D eigenvalue weighted by Crippen LogP contribution is -2.42. The van der Waals surface area contributed by atoms with Crippen LogP contribution in [0.3, 0.4) is 0 Å². The number of hydrogen-bond donors (Lipinski definition) is 2. The average Bonchev–Trinajstić information content (AvgIpc) is 3.41. The highest BCUT2D eigenvalue weighted by atomic mass is 35.5. The van der Waals surface area contributed by atoms with Crippen molar-refractivity contribution in [1.82, 2.24) is 10.2 Å². The van der Waals surface area contributed by atoms with Gasteiger partial charge in [0.25, 0.3) is 11.7 Å². The van der Waals surface area contributed by atoms with E-state index in [-0.39, 0.29) is 5.02 Å². The van der Waals surface area contributed by atoms with Crippen LogP contribution in [0, 0.1) is 0 Å². The Bertz CT molecular complexity index is 1180. The lowest BCUT2D eigenvalue weighted by atomic mass is 9.92. The number of fused-ring (bicyclic) bond motifs is 1. The van der Waals surface area contributed by atoms with Gasteiger partial charge < -0.3 is 20.1 Å². The minimum atomic E-state index is -1.41. The molecule has 0 radical (unpaired) electrons. The van der Waals surface area contributed by atoms with E-state index in [1.54, 1.807) is 30.3 Å². The molecule has 2 aromatic carbocycles. The van der Waals surface area contributed by atoms with Crippen LogP contribution in [0.4, 0.5) is 10.5 Å². The standard InChI is InChI=1S/C23H21Cl2N3O5/c1-22(15-6-4-13(24)10-16(15)25)20(30)28(21(31)27-22)12-19(29)26-14-5-7-17-18(11-14)33-23(32-17)8-2-3-9-23/h4-7,10-11H,2-3,8-9,12H2,1H3,(H,26,29)(H,27,31). The van der Waals surface area contributed by atoms with Crippen LogP contribution in [0.15, 0.2) is 36.4 Å². The molecule has 2 fully saturated rings. The zero-order chi connectivity index (χ0) is 23.4. The van der Waals surface area contributed by atoms with Crippen LogP contribution in [0.25, 0.3) is 0 Å². The maximum Gasteiger partial charge on any atom is 0.325 e. The smallest absolute Gasteiger partial charge is 0.325 e. The number of carbonyl (C=O) groups is 3. The van der Waals surface area contributed by atoms with Gasteiger partial charge in [-0.15, -0.1) is 0 Å². The SMILES string of the molecule is CC1(c2ccc(Cl)cc2Cl)NC(=O)N(CC(=O)Nc2ccc3c(c2)OC2(CCCC2)O3)C1=O. The summed E-state index contributed by atoms with van der Waals surface area (Å²) in [4.78, 5) is 39.2. The molecule has 2 aromatic rings. The maximum absolute atomic E-state index is 13.1. The van der Waals surface area contributed by atoms with Crippen molar-refractivity contribution in [2.24, 2.45) is 0 Å². The van der Waals surface area contributed by atoms with E-state index in [1.165, 1.54) is 13.0 Å². The molecule has 33 heavy (non-hydrogen) atoms. The van der Waals surface area contributed by atoms with Crippen LogP contribution in [-0.4, -0.2) is 35.1 Å².